The molecule has 2 N–H and O–H groups in total. The summed E-state index contributed by atoms with van der Waals surface area (Å²) in [5.41, 5.74) is 1.85. The van der Waals surface area contributed by atoms with Crippen molar-refractivity contribution < 1.29 is 14.7 Å². The minimum atomic E-state index is -0.796. The largest absolute Gasteiger partial charge is 0.481 e. The Balaban J connectivity index is 2.48. The van der Waals surface area contributed by atoms with Crippen molar-refractivity contribution in [2.75, 3.05) is 25.0 Å². The number of nitrogens with zero attached hydrogens (tertiary/aromatic N) is 1. The second-order valence-corrected chi connectivity index (χ2v) is 5.14. The summed E-state index contributed by atoms with van der Waals surface area (Å²) in [6.45, 7) is 5.71. The molecule has 1 rings (SSSR count). The summed E-state index contributed by atoms with van der Waals surface area (Å²) in [5, 5.41) is 11.6. The van der Waals surface area contributed by atoms with E-state index < -0.39 is 5.97 Å². The van der Waals surface area contributed by atoms with Gasteiger partial charge in [-0.1, -0.05) is 25.1 Å². The first-order chi connectivity index (χ1) is 10.0. The van der Waals surface area contributed by atoms with Crippen LogP contribution in [0.2, 0.25) is 0 Å². The molecule has 0 radical (unpaired) electrons. The van der Waals surface area contributed by atoms with Crippen LogP contribution in [0.15, 0.2) is 24.3 Å². The van der Waals surface area contributed by atoms with Crippen molar-refractivity contribution in [3.05, 3.63) is 29.8 Å². The highest BCUT2D eigenvalue weighted by atomic mass is 16.4. The van der Waals surface area contributed by atoms with Gasteiger partial charge in [-0.15, -0.1) is 0 Å². The number of carbonyl (C=O) groups excluding carboxylic acids is 1. The molecule has 0 aliphatic carbocycles. The number of amides is 1. The predicted molar refractivity (Wildman–Crippen MR) is 83.4 cm³/mol. The van der Waals surface area contributed by atoms with E-state index in [4.69, 9.17) is 5.11 Å². The minimum absolute atomic E-state index is 0.0620. The maximum Gasteiger partial charge on any atom is 0.303 e. The number of rotatable bonds is 9. The molecule has 0 heterocycles. The van der Waals surface area contributed by atoms with Gasteiger partial charge in [0.2, 0.25) is 5.91 Å². The number of benzene rings is 1. The van der Waals surface area contributed by atoms with Gasteiger partial charge in [0.15, 0.2) is 0 Å². The van der Waals surface area contributed by atoms with Crippen LogP contribution in [0.3, 0.4) is 0 Å². The normalized spacial score (nSPS) is 10.6. The number of carboxylic acid groups (broad SMARTS) is 1. The smallest absolute Gasteiger partial charge is 0.303 e. The van der Waals surface area contributed by atoms with Gasteiger partial charge in [-0.3, -0.25) is 14.5 Å². The molecule has 0 fully saturated rings. The highest BCUT2D eigenvalue weighted by molar-refractivity contribution is 5.92. The minimum Gasteiger partial charge on any atom is -0.481 e. The molecule has 0 unspecified atom stereocenters. The first-order valence-corrected chi connectivity index (χ1v) is 7.32. The van der Waals surface area contributed by atoms with Gasteiger partial charge in [-0.2, -0.15) is 0 Å². The molecule has 21 heavy (non-hydrogen) atoms. The van der Waals surface area contributed by atoms with Gasteiger partial charge < -0.3 is 10.4 Å². The zero-order chi connectivity index (χ0) is 15.7. The standard InChI is InChI=1S/C16H24N2O3/c1-3-10-18(11-6-9-16(20)21)12-15(19)17-14-8-5-4-7-13(14)2/h4-5,7-8H,3,6,9-12H2,1-2H3,(H,17,19)(H,20,21). The number of hydrogen-bond donors (Lipinski definition) is 2. The van der Waals surface area contributed by atoms with E-state index in [9.17, 15) is 9.59 Å². The summed E-state index contributed by atoms with van der Waals surface area (Å²) < 4.78 is 0. The number of anilines is 1. The molecule has 5 heteroatoms. The molecule has 0 bridgehead atoms. The maximum absolute atomic E-state index is 12.1. The van der Waals surface area contributed by atoms with Crippen molar-refractivity contribution in [2.45, 2.75) is 33.1 Å². The Morgan fingerprint density at radius 1 is 1.24 bits per heavy atom. The fourth-order valence-corrected chi connectivity index (χ4v) is 2.15. The maximum atomic E-state index is 12.1. The summed E-state index contributed by atoms with van der Waals surface area (Å²) >= 11 is 0. The van der Waals surface area contributed by atoms with Crippen molar-refractivity contribution in [2.24, 2.45) is 0 Å². The molecule has 0 saturated heterocycles. The topological polar surface area (TPSA) is 69.6 Å². The van der Waals surface area contributed by atoms with Gasteiger partial charge in [-0.25, -0.2) is 0 Å². The molecule has 5 nitrogen and oxygen atoms in total. The van der Waals surface area contributed by atoms with Crippen LogP contribution < -0.4 is 5.32 Å². The van der Waals surface area contributed by atoms with E-state index in [0.29, 0.717) is 19.5 Å². The van der Waals surface area contributed by atoms with E-state index >= 15 is 0 Å². The third-order valence-corrected chi connectivity index (χ3v) is 3.19. The Bertz CT molecular complexity index is 474. The Morgan fingerprint density at radius 3 is 2.57 bits per heavy atom. The van der Waals surface area contributed by atoms with Crippen LogP contribution in [0, 0.1) is 6.92 Å². The zero-order valence-corrected chi connectivity index (χ0v) is 12.8. The number of carbonyl (C=O) groups is 2. The number of aliphatic carboxylic acids is 1. The highest BCUT2D eigenvalue weighted by Crippen LogP contribution is 2.13. The predicted octanol–water partition coefficient (Wildman–Crippen LogP) is 2.51. The first-order valence-electron chi connectivity index (χ1n) is 7.32. The van der Waals surface area contributed by atoms with Crippen LogP contribution in [0.25, 0.3) is 0 Å². The molecule has 1 aromatic carbocycles. The van der Waals surface area contributed by atoms with Crippen LogP contribution in [0.1, 0.15) is 31.7 Å². The Hall–Kier alpha value is -1.88. The third-order valence-electron chi connectivity index (χ3n) is 3.19. The molecule has 0 aliphatic rings. The number of para-hydroxylation sites is 1. The molecule has 116 valence electrons. The van der Waals surface area contributed by atoms with E-state index in [-0.39, 0.29) is 12.3 Å². The quantitative estimate of drug-likeness (QED) is 0.733. The molecule has 0 spiro atoms. The van der Waals surface area contributed by atoms with Crippen LogP contribution >= 0.6 is 0 Å². The van der Waals surface area contributed by atoms with E-state index in [2.05, 4.69) is 5.32 Å². The summed E-state index contributed by atoms with van der Waals surface area (Å²) in [6.07, 6.45) is 1.64. The molecule has 0 aliphatic heterocycles. The van der Waals surface area contributed by atoms with Gasteiger partial charge in [0.25, 0.3) is 0 Å². The molecule has 0 aromatic heterocycles. The highest BCUT2D eigenvalue weighted by Gasteiger charge is 2.11. The molecule has 0 saturated carbocycles. The van der Waals surface area contributed by atoms with Crippen molar-refractivity contribution in [3.63, 3.8) is 0 Å². The zero-order valence-electron chi connectivity index (χ0n) is 12.8. The molecule has 0 atom stereocenters. The van der Waals surface area contributed by atoms with Gasteiger partial charge in [0.05, 0.1) is 6.54 Å². The average molecular weight is 292 g/mol. The summed E-state index contributed by atoms with van der Waals surface area (Å²) in [5.74, 6) is -0.858. The fourth-order valence-electron chi connectivity index (χ4n) is 2.15. The van der Waals surface area contributed by atoms with Gasteiger partial charge in [-0.05, 0) is 44.5 Å². The van der Waals surface area contributed by atoms with E-state index in [1.54, 1.807) is 0 Å². The van der Waals surface area contributed by atoms with Crippen molar-refractivity contribution >= 4 is 17.6 Å². The van der Waals surface area contributed by atoms with Crippen molar-refractivity contribution in [1.82, 2.24) is 4.90 Å². The van der Waals surface area contributed by atoms with E-state index in [0.717, 1.165) is 24.2 Å². The van der Waals surface area contributed by atoms with Crippen molar-refractivity contribution in [3.8, 4) is 0 Å². The molecular formula is C16H24N2O3. The van der Waals surface area contributed by atoms with E-state index in [1.165, 1.54) is 0 Å². The number of nitrogens with one attached hydrogen (secondary N) is 1. The van der Waals surface area contributed by atoms with Gasteiger partial charge in [0, 0.05) is 12.1 Å². The molecule has 1 aromatic rings. The lowest BCUT2D eigenvalue weighted by Gasteiger charge is -2.21. The number of carboxylic acids is 1. The molecular weight excluding hydrogens is 268 g/mol. The van der Waals surface area contributed by atoms with Gasteiger partial charge >= 0.3 is 5.97 Å². The first kappa shape index (κ1) is 17.2. The van der Waals surface area contributed by atoms with E-state index in [1.807, 2.05) is 43.0 Å². The second-order valence-electron chi connectivity index (χ2n) is 5.14. The second kappa shape index (κ2) is 9.13. The summed E-state index contributed by atoms with van der Waals surface area (Å²) in [7, 11) is 0. The average Bonchev–Trinajstić information content (AvgIpc) is 2.41. The lowest BCUT2D eigenvalue weighted by Crippen LogP contribution is -2.34. The lowest BCUT2D eigenvalue weighted by molar-refractivity contribution is -0.137. The van der Waals surface area contributed by atoms with Crippen LogP contribution in [0.4, 0.5) is 5.69 Å². The number of hydrogen-bond acceptors (Lipinski definition) is 3. The van der Waals surface area contributed by atoms with Crippen LogP contribution in [0.5, 0.6) is 0 Å². The lowest BCUT2D eigenvalue weighted by atomic mass is 10.2. The Morgan fingerprint density at radius 2 is 1.95 bits per heavy atom. The summed E-state index contributed by atoms with van der Waals surface area (Å²) in [6, 6.07) is 7.65. The van der Waals surface area contributed by atoms with Gasteiger partial charge in [0.1, 0.15) is 0 Å². The molecule has 1 amide bonds. The fraction of sp³-hybridized carbons (Fsp3) is 0.500. The summed E-state index contributed by atoms with van der Waals surface area (Å²) in [4.78, 5) is 24.6. The Kier molecular flexibility index (Phi) is 7.46. The van der Waals surface area contributed by atoms with Crippen LogP contribution in [-0.2, 0) is 9.59 Å². The third kappa shape index (κ3) is 6.90. The van der Waals surface area contributed by atoms with Crippen LogP contribution in [-0.4, -0.2) is 41.5 Å². The number of aryl methyl sites for hydroxylation is 1. The SMILES string of the molecule is CCCN(CCCC(=O)O)CC(=O)Nc1ccccc1C. The monoisotopic (exact) mass is 292 g/mol. The van der Waals surface area contributed by atoms with Crippen molar-refractivity contribution in [1.29, 1.82) is 0 Å². The Labute approximate surface area is 126 Å².